The van der Waals surface area contributed by atoms with Crippen LogP contribution in [0.5, 0.6) is 5.75 Å². The van der Waals surface area contributed by atoms with Gasteiger partial charge in [-0.25, -0.2) is 4.79 Å². The van der Waals surface area contributed by atoms with E-state index in [4.69, 9.17) is 9.47 Å². The smallest absolute Gasteiger partial charge is 0.343 e. The van der Waals surface area contributed by atoms with Crippen molar-refractivity contribution in [2.75, 3.05) is 6.61 Å². The van der Waals surface area contributed by atoms with E-state index in [1.165, 1.54) is 102 Å². The Balaban J connectivity index is 1.77. The third kappa shape index (κ3) is 13.7. The number of carbonyl (C=O) groups excluding carboxylic acids is 1. The Morgan fingerprint density at radius 2 is 1.15 bits per heavy atom. The summed E-state index contributed by atoms with van der Waals surface area (Å²) >= 11 is 0. The zero-order chi connectivity index (χ0) is 28.1. The average Bonchev–Trinajstić information content (AvgIpc) is 2.96. The molecule has 2 aromatic rings. The summed E-state index contributed by atoms with van der Waals surface area (Å²) < 4.78 is 11.7. The quantitative estimate of drug-likeness (QED) is 0.0852. The van der Waals surface area contributed by atoms with Crippen molar-refractivity contribution in [1.82, 2.24) is 0 Å². The van der Waals surface area contributed by atoms with E-state index in [0.717, 1.165) is 18.6 Å². The van der Waals surface area contributed by atoms with Gasteiger partial charge in [-0.05, 0) is 67.5 Å². The van der Waals surface area contributed by atoms with E-state index in [9.17, 15) is 4.79 Å². The Kier molecular flexibility index (Phi) is 17.6. The molecule has 218 valence electrons. The Morgan fingerprint density at radius 1 is 0.615 bits per heavy atom. The molecule has 2 unspecified atom stereocenters. The van der Waals surface area contributed by atoms with Gasteiger partial charge in [0.1, 0.15) is 5.75 Å². The van der Waals surface area contributed by atoms with E-state index in [-0.39, 0.29) is 12.1 Å². The third-order valence-corrected chi connectivity index (χ3v) is 7.84. The molecular weight excluding hydrogens is 480 g/mol. The van der Waals surface area contributed by atoms with E-state index in [2.05, 4.69) is 39.8 Å². The molecule has 0 saturated heterocycles. The minimum Gasteiger partial charge on any atom is -0.423 e. The summed E-state index contributed by atoms with van der Waals surface area (Å²) in [6.07, 6.45) is 20.7. The number of benzene rings is 2. The van der Waals surface area contributed by atoms with Crippen LogP contribution in [0.3, 0.4) is 0 Å². The Bertz CT molecular complexity index is 871. The molecule has 2 rings (SSSR count). The highest BCUT2D eigenvalue weighted by atomic mass is 16.5. The van der Waals surface area contributed by atoms with Crippen LogP contribution in [0.4, 0.5) is 0 Å². The lowest BCUT2D eigenvalue weighted by atomic mass is 9.89. The number of hydrogen-bond acceptors (Lipinski definition) is 3. The molecule has 3 heteroatoms. The first kappa shape index (κ1) is 33.1. The van der Waals surface area contributed by atoms with Crippen LogP contribution in [0.1, 0.15) is 164 Å². The second kappa shape index (κ2) is 20.7. The number of unbranched alkanes of at least 4 members (excludes halogenated alkanes) is 11. The van der Waals surface area contributed by atoms with Crippen LogP contribution in [0.2, 0.25) is 0 Å². The van der Waals surface area contributed by atoms with Gasteiger partial charge in [0.15, 0.2) is 0 Å². The maximum Gasteiger partial charge on any atom is 0.343 e. The molecule has 0 radical (unpaired) electrons. The largest absolute Gasteiger partial charge is 0.423 e. The SMILES string of the molecule is CCCCCCCCCOC(C)c1ccc(C(=O)Oc2ccc(C(CCC)CCCCCCCC)cc2)cc1. The van der Waals surface area contributed by atoms with Crippen LogP contribution in [0, 0.1) is 0 Å². The minimum absolute atomic E-state index is 0.0233. The molecule has 2 aromatic carbocycles. The van der Waals surface area contributed by atoms with E-state index in [1.54, 1.807) is 0 Å². The molecule has 0 saturated carbocycles. The summed E-state index contributed by atoms with van der Waals surface area (Å²) in [5, 5.41) is 0. The second-order valence-corrected chi connectivity index (χ2v) is 11.3. The van der Waals surface area contributed by atoms with E-state index in [0.29, 0.717) is 17.2 Å². The summed E-state index contributed by atoms with van der Waals surface area (Å²) in [5.41, 5.74) is 3.01. The first-order valence-electron chi connectivity index (χ1n) is 16.1. The summed E-state index contributed by atoms with van der Waals surface area (Å²) in [7, 11) is 0. The number of hydrogen-bond donors (Lipinski definition) is 0. The third-order valence-electron chi connectivity index (χ3n) is 7.84. The highest BCUT2D eigenvalue weighted by Crippen LogP contribution is 2.29. The van der Waals surface area contributed by atoms with Gasteiger partial charge in [0, 0.05) is 6.61 Å². The molecule has 0 fully saturated rings. The number of ether oxygens (including phenoxy) is 2. The molecule has 0 spiro atoms. The van der Waals surface area contributed by atoms with Crippen LogP contribution in [0.15, 0.2) is 48.5 Å². The fraction of sp³-hybridized carbons (Fsp3) is 0.639. The second-order valence-electron chi connectivity index (χ2n) is 11.3. The first-order chi connectivity index (χ1) is 19.1. The topological polar surface area (TPSA) is 35.5 Å². The van der Waals surface area contributed by atoms with Gasteiger partial charge < -0.3 is 9.47 Å². The van der Waals surface area contributed by atoms with Crippen molar-refractivity contribution in [2.45, 2.75) is 142 Å². The molecule has 2 atom stereocenters. The van der Waals surface area contributed by atoms with Crippen molar-refractivity contribution in [2.24, 2.45) is 0 Å². The van der Waals surface area contributed by atoms with Gasteiger partial charge in [0.2, 0.25) is 0 Å². The zero-order valence-corrected chi connectivity index (χ0v) is 25.5. The van der Waals surface area contributed by atoms with Gasteiger partial charge in [0.05, 0.1) is 11.7 Å². The number of esters is 1. The van der Waals surface area contributed by atoms with Gasteiger partial charge in [-0.2, -0.15) is 0 Å². The summed E-state index contributed by atoms with van der Waals surface area (Å²) in [5.74, 6) is 0.880. The monoisotopic (exact) mass is 536 g/mol. The Hall–Kier alpha value is -2.13. The zero-order valence-electron chi connectivity index (χ0n) is 25.5. The molecule has 0 aromatic heterocycles. The van der Waals surface area contributed by atoms with Gasteiger partial charge in [0.25, 0.3) is 0 Å². The van der Waals surface area contributed by atoms with Crippen molar-refractivity contribution < 1.29 is 14.3 Å². The molecule has 0 aliphatic carbocycles. The fourth-order valence-corrected chi connectivity index (χ4v) is 5.28. The predicted octanol–water partition coefficient (Wildman–Crippen LogP) is 11.4. The highest BCUT2D eigenvalue weighted by Gasteiger charge is 2.14. The molecule has 0 heterocycles. The molecule has 0 aliphatic rings. The van der Waals surface area contributed by atoms with E-state index < -0.39 is 0 Å². The standard InChI is InChI=1S/C36H56O3/c1-5-8-10-12-14-16-18-29-38-30(4)31-21-23-34(24-22-31)36(37)39-35-27-25-33(26-28-35)32(19-7-3)20-17-15-13-11-9-6-2/h21-28,30,32H,5-20,29H2,1-4H3. The lowest BCUT2D eigenvalue weighted by Gasteiger charge is -2.17. The fourth-order valence-electron chi connectivity index (χ4n) is 5.28. The van der Waals surface area contributed by atoms with Crippen molar-refractivity contribution in [3.63, 3.8) is 0 Å². The summed E-state index contributed by atoms with van der Waals surface area (Å²) in [6.45, 7) is 9.65. The van der Waals surface area contributed by atoms with Crippen molar-refractivity contribution in [1.29, 1.82) is 0 Å². The first-order valence-corrected chi connectivity index (χ1v) is 16.1. The molecule has 0 N–H and O–H groups in total. The molecule has 39 heavy (non-hydrogen) atoms. The molecule has 0 aliphatic heterocycles. The molecule has 0 bridgehead atoms. The maximum atomic E-state index is 12.8. The maximum absolute atomic E-state index is 12.8. The van der Waals surface area contributed by atoms with Crippen molar-refractivity contribution in [3.8, 4) is 5.75 Å². The highest BCUT2D eigenvalue weighted by molar-refractivity contribution is 5.91. The number of carbonyl (C=O) groups is 1. The van der Waals surface area contributed by atoms with Crippen LogP contribution in [-0.4, -0.2) is 12.6 Å². The lowest BCUT2D eigenvalue weighted by molar-refractivity contribution is 0.0626. The van der Waals surface area contributed by atoms with E-state index >= 15 is 0 Å². The molecule has 0 amide bonds. The van der Waals surface area contributed by atoms with Crippen LogP contribution >= 0.6 is 0 Å². The predicted molar refractivity (Wildman–Crippen MR) is 166 cm³/mol. The summed E-state index contributed by atoms with van der Waals surface area (Å²) in [4.78, 5) is 12.8. The summed E-state index contributed by atoms with van der Waals surface area (Å²) in [6, 6.07) is 15.8. The minimum atomic E-state index is -0.317. The number of rotatable bonds is 22. The Morgan fingerprint density at radius 3 is 1.74 bits per heavy atom. The van der Waals surface area contributed by atoms with Crippen LogP contribution < -0.4 is 4.74 Å². The lowest BCUT2D eigenvalue weighted by Crippen LogP contribution is -2.09. The van der Waals surface area contributed by atoms with Crippen LogP contribution in [-0.2, 0) is 4.74 Å². The van der Waals surface area contributed by atoms with Gasteiger partial charge in [-0.15, -0.1) is 0 Å². The Labute approximate surface area is 240 Å². The van der Waals surface area contributed by atoms with E-state index in [1.807, 2.05) is 36.4 Å². The van der Waals surface area contributed by atoms with Gasteiger partial charge in [-0.3, -0.25) is 0 Å². The molecule has 3 nitrogen and oxygen atoms in total. The van der Waals surface area contributed by atoms with Gasteiger partial charge >= 0.3 is 5.97 Å². The normalized spacial score (nSPS) is 12.8. The van der Waals surface area contributed by atoms with Gasteiger partial charge in [-0.1, -0.05) is 129 Å². The average molecular weight is 537 g/mol. The van der Waals surface area contributed by atoms with Crippen LogP contribution in [0.25, 0.3) is 0 Å². The van der Waals surface area contributed by atoms with Crippen molar-refractivity contribution in [3.05, 3.63) is 65.2 Å². The van der Waals surface area contributed by atoms with Crippen molar-refractivity contribution >= 4 is 5.97 Å². The molecular formula is C36H56O3.